The molecule has 3 aliphatic rings. The second kappa shape index (κ2) is 5.56. The van der Waals surface area contributed by atoms with E-state index in [4.69, 9.17) is 4.74 Å². The quantitative estimate of drug-likeness (QED) is 0.591. The summed E-state index contributed by atoms with van der Waals surface area (Å²) >= 11 is 0. The lowest BCUT2D eigenvalue weighted by atomic mass is 9.68. The summed E-state index contributed by atoms with van der Waals surface area (Å²) in [5, 5.41) is 10.3. The number of epoxide rings is 1. The summed E-state index contributed by atoms with van der Waals surface area (Å²) in [7, 11) is 0. The van der Waals surface area contributed by atoms with Gasteiger partial charge in [0, 0.05) is 11.8 Å². The Morgan fingerprint density at radius 3 is 2.65 bits per heavy atom. The molecule has 1 saturated heterocycles. The van der Waals surface area contributed by atoms with Crippen LogP contribution in [-0.4, -0.2) is 28.7 Å². The van der Waals surface area contributed by atoms with Crippen molar-refractivity contribution in [3.8, 4) is 0 Å². The lowest BCUT2D eigenvalue weighted by Gasteiger charge is -2.33. The van der Waals surface area contributed by atoms with Crippen molar-refractivity contribution in [1.82, 2.24) is 0 Å². The summed E-state index contributed by atoms with van der Waals surface area (Å²) in [6.45, 7) is 10.6. The van der Waals surface area contributed by atoms with Crippen LogP contribution in [0.3, 0.4) is 0 Å². The number of hydrogen-bond donors (Lipinski definition) is 1. The van der Waals surface area contributed by atoms with Crippen molar-refractivity contribution in [1.29, 1.82) is 0 Å². The molecule has 5 atom stereocenters. The van der Waals surface area contributed by atoms with E-state index >= 15 is 0 Å². The average molecular weight is 318 g/mol. The van der Waals surface area contributed by atoms with Gasteiger partial charge in [0.2, 0.25) is 0 Å². The summed E-state index contributed by atoms with van der Waals surface area (Å²) < 4.78 is 5.94. The molecule has 1 fully saturated rings. The molecule has 2 aliphatic carbocycles. The van der Waals surface area contributed by atoms with Crippen LogP contribution in [0.25, 0.3) is 0 Å². The molecule has 1 aliphatic heterocycles. The van der Waals surface area contributed by atoms with Gasteiger partial charge in [-0.15, -0.1) is 0 Å². The molecule has 128 valence electrons. The predicted molar refractivity (Wildman–Crippen MR) is 91.0 cm³/mol. The Morgan fingerprint density at radius 1 is 1.30 bits per heavy atom. The molecule has 0 radical (unpaired) electrons. The molecule has 0 unspecified atom stereocenters. The van der Waals surface area contributed by atoms with E-state index in [1.807, 2.05) is 12.2 Å². The Balaban J connectivity index is 1.94. The first kappa shape index (κ1) is 16.9. The molecule has 1 heterocycles. The highest BCUT2D eigenvalue weighted by Crippen LogP contribution is 2.54. The Kier molecular flexibility index (Phi) is 4.09. The highest BCUT2D eigenvalue weighted by atomic mass is 16.6. The molecule has 3 rings (SSSR count). The van der Waals surface area contributed by atoms with Gasteiger partial charge in [-0.25, -0.2) is 0 Å². The number of carbonyl (C=O) groups excluding carboxylic acids is 1. The molecular weight excluding hydrogens is 288 g/mol. The molecule has 3 nitrogen and oxygen atoms in total. The first-order valence-electron chi connectivity index (χ1n) is 8.95. The van der Waals surface area contributed by atoms with E-state index in [0.29, 0.717) is 18.3 Å². The van der Waals surface area contributed by atoms with E-state index < -0.39 is 6.10 Å². The van der Waals surface area contributed by atoms with Crippen molar-refractivity contribution in [3.05, 3.63) is 23.3 Å². The third-order valence-electron chi connectivity index (χ3n) is 6.26. The second-order valence-electron chi connectivity index (χ2n) is 8.58. The van der Waals surface area contributed by atoms with Gasteiger partial charge in [0.05, 0.1) is 17.8 Å². The van der Waals surface area contributed by atoms with Gasteiger partial charge >= 0.3 is 0 Å². The number of hydrogen-bond acceptors (Lipinski definition) is 3. The predicted octanol–water partition coefficient (Wildman–Crippen LogP) is 3.81. The Morgan fingerprint density at radius 2 is 2.00 bits per heavy atom. The van der Waals surface area contributed by atoms with Crippen molar-refractivity contribution in [2.24, 2.45) is 17.3 Å². The zero-order valence-corrected chi connectivity index (χ0v) is 15.1. The number of rotatable bonds is 1. The molecule has 0 bridgehead atoms. The average Bonchev–Trinajstić information content (AvgIpc) is 2.95. The van der Waals surface area contributed by atoms with Crippen LogP contribution in [0.4, 0.5) is 0 Å². The minimum absolute atomic E-state index is 0.0836. The number of ketones is 1. The monoisotopic (exact) mass is 318 g/mol. The van der Waals surface area contributed by atoms with Crippen molar-refractivity contribution >= 4 is 5.78 Å². The summed E-state index contributed by atoms with van der Waals surface area (Å²) in [6.07, 6.45) is 6.82. The van der Waals surface area contributed by atoms with Gasteiger partial charge in [0.15, 0.2) is 5.78 Å². The molecule has 0 aromatic heterocycles. The highest BCUT2D eigenvalue weighted by Gasteiger charge is 2.58. The molecule has 23 heavy (non-hydrogen) atoms. The summed E-state index contributed by atoms with van der Waals surface area (Å²) in [5.41, 5.74) is 1.88. The van der Waals surface area contributed by atoms with Gasteiger partial charge < -0.3 is 9.84 Å². The van der Waals surface area contributed by atoms with Gasteiger partial charge in [-0.05, 0) is 51.0 Å². The maximum Gasteiger partial charge on any atom is 0.162 e. The number of fused-ring (bicyclic) bond motifs is 2. The fourth-order valence-corrected chi connectivity index (χ4v) is 4.62. The fourth-order valence-electron chi connectivity index (χ4n) is 4.62. The van der Waals surface area contributed by atoms with Crippen LogP contribution in [0, 0.1) is 17.3 Å². The van der Waals surface area contributed by atoms with Crippen molar-refractivity contribution in [2.75, 3.05) is 0 Å². The normalized spacial score (nSPS) is 46.4. The van der Waals surface area contributed by atoms with Crippen LogP contribution in [0.2, 0.25) is 0 Å². The summed E-state index contributed by atoms with van der Waals surface area (Å²) in [6, 6.07) is 0. The lowest BCUT2D eigenvalue weighted by molar-refractivity contribution is -0.124. The zero-order valence-electron chi connectivity index (χ0n) is 15.1. The fraction of sp³-hybridized carbons (Fsp3) is 0.750. The van der Waals surface area contributed by atoms with Crippen LogP contribution in [0.15, 0.2) is 23.3 Å². The molecule has 0 saturated carbocycles. The topological polar surface area (TPSA) is 49.8 Å². The SMILES string of the molecule is C/C1=C\[C@@H](O)C[C@@]2(C)O[C@@H]2C[C@]2(C)C(=O)C=C(C(C)C)[C@H]2CC1. The summed E-state index contributed by atoms with van der Waals surface area (Å²) in [5.74, 6) is 0.963. The Labute approximate surface area is 139 Å². The molecule has 0 spiro atoms. The lowest BCUT2D eigenvalue weighted by Crippen LogP contribution is -2.34. The third-order valence-corrected chi connectivity index (χ3v) is 6.26. The minimum atomic E-state index is -0.452. The maximum absolute atomic E-state index is 12.8. The van der Waals surface area contributed by atoms with Crippen LogP contribution in [0.5, 0.6) is 0 Å². The van der Waals surface area contributed by atoms with Crippen molar-refractivity contribution in [2.45, 2.75) is 78.1 Å². The second-order valence-corrected chi connectivity index (χ2v) is 8.58. The van der Waals surface area contributed by atoms with Crippen LogP contribution >= 0.6 is 0 Å². The van der Waals surface area contributed by atoms with E-state index in [1.165, 1.54) is 11.1 Å². The largest absolute Gasteiger partial charge is 0.389 e. The van der Waals surface area contributed by atoms with Gasteiger partial charge in [-0.3, -0.25) is 4.79 Å². The molecule has 0 amide bonds. The Bertz CT molecular complexity index is 573. The van der Waals surface area contributed by atoms with E-state index in [9.17, 15) is 9.90 Å². The molecule has 0 aromatic carbocycles. The smallest absolute Gasteiger partial charge is 0.162 e. The number of ether oxygens (including phenoxy) is 1. The molecule has 1 N–H and O–H groups in total. The van der Waals surface area contributed by atoms with Gasteiger partial charge in [-0.2, -0.15) is 0 Å². The van der Waals surface area contributed by atoms with Gasteiger partial charge in [0.25, 0.3) is 0 Å². The van der Waals surface area contributed by atoms with E-state index in [-0.39, 0.29) is 22.9 Å². The maximum atomic E-state index is 12.8. The minimum Gasteiger partial charge on any atom is -0.389 e. The first-order valence-corrected chi connectivity index (χ1v) is 8.95. The van der Waals surface area contributed by atoms with Crippen molar-refractivity contribution in [3.63, 3.8) is 0 Å². The standard InChI is InChI=1S/C20H30O3/c1-12(2)15-9-17(22)19(4)11-18-20(5,23-18)10-14(21)8-13(3)6-7-16(15)19/h8-9,12,14,16,18,21H,6-7,10-11H2,1-5H3/b13-8+/t14-,16-,18-,19+,20-/m1/s1. The van der Waals surface area contributed by atoms with Gasteiger partial charge in [0.1, 0.15) is 0 Å². The van der Waals surface area contributed by atoms with Crippen LogP contribution in [-0.2, 0) is 9.53 Å². The van der Waals surface area contributed by atoms with E-state index in [0.717, 1.165) is 19.3 Å². The first-order chi connectivity index (χ1) is 10.7. The van der Waals surface area contributed by atoms with Crippen LogP contribution in [0.1, 0.15) is 60.3 Å². The summed E-state index contributed by atoms with van der Waals surface area (Å²) in [4.78, 5) is 12.8. The van der Waals surface area contributed by atoms with E-state index in [1.54, 1.807) is 0 Å². The number of aliphatic hydroxyl groups is 1. The number of carbonyl (C=O) groups is 1. The van der Waals surface area contributed by atoms with Crippen molar-refractivity contribution < 1.29 is 14.6 Å². The Hall–Kier alpha value is -0.930. The molecule has 3 heteroatoms. The highest BCUT2D eigenvalue weighted by molar-refractivity contribution is 5.98. The number of allylic oxidation sites excluding steroid dienone is 3. The zero-order chi connectivity index (χ0) is 17.0. The number of aliphatic hydroxyl groups excluding tert-OH is 1. The van der Waals surface area contributed by atoms with Gasteiger partial charge in [-0.1, -0.05) is 38.0 Å². The molecular formula is C20H30O3. The van der Waals surface area contributed by atoms with E-state index in [2.05, 4.69) is 34.6 Å². The molecule has 0 aromatic rings. The van der Waals surface area contributed by atoms with Crippen LogP contribution < -0.4 is 0 Å². The third kappa shape index (κ3) is 2.94.